The summed E-state index contributed by atoms with van der Waals surface area (Å²) in [6.45, 7) is 1.04. The number of ether oxygens (including phenoxy) is 2. The van der Waals surface area contributed by atoms with Gasteiger partial charge in [0.15, 0.2) is 17.3 Å². The number of methoxy groups -OCH3 is 2. The summed E-state index contributed by atoms with van der Waals surface area (Å²) in [6.07, 6.45) is 0.631. The van der Waals surface area contributed by atoms with Crippen molar-refractivity contribution in [3.8, 4) is 11.5 Å². The van der Waals surface area contributed by atoms with Crippen LogP contribution in [0.5, 0.6) is 11.5 Å². The van der Waals surface area contributed by atoms with Gasteiger partial charge in [-0.05, 0) is 29.5 Å². The maximum absolute atomic E-state index is 5.44. The zero-order chi connectivity index (χ0) is 13.7. The van der Waals surface area contributed by atoms with Crippen LogP contribution >= 0.6 is 0 Å². The van der Waals surface area contributed by atoms with Gasteiger partial charge in [0.25, 0.3) is 0 Å². The van der Waals surface area contributed by atoms with Crippen LogP contribution < -0.4 is 15.2 Å². The predicted molar refractivity (Wildman–Crippen MR) is 69.2 cm³/mol. The fourth-order valence-corrected chi connectivity index (χ4v) is 1.71. The molecule has 7 heteroatoms. The molecule has 102 valence electrons. The van der Waals surface area contributed by atoms with Crippen molar-refractivity contribution in [2.24, 2.45) is 5.73 Å². The molecule has 7 nitrogen and oxygen atoms in total. The molecule has 0 unspecified atom stereocenters. The standard InChI is InChI=1S/C12H17N5O2/c1-18-10-4-3-9(7-11(10)19-2)8-17-15-12(5-6-13)14-16-17/h3-4,7H,5-6,8,13H2,1-2H3. The molecule has 0 bridgehead atoms. The second-order valence-corrected chi connectivity index (χ2v) is 3.96. The first-order chi connectivity index (χ1) is 9.26. The van der Waals surface area contributed by atoms with Gasteiger partial charge in [0.1, 0.15) is 0 Å². The molecule has 0 aliphatic carbocycles. The normalized spacial score (nSPS) is 10.5. The van der Waals surface area contributed by atoms with Gasteiger partial charge < -0.3 is 15.2 Å². The third-order valence-corrected chi connectivity index (χ3v) is 2.63. The van der Waals surface area contributed by atoms with Crippen LogP contribution in [0.1, 0.15) is 11.4 Å². The number of nitrogens with zero attached hydrogens (tertiary/aromatic N) is 4. The summed E-state index contributed by atoms with van der Waals surface area (Å²) in [5.74, 6) is 2.03. The number of aromatic nitrogens is 4. The summed E-state index contributed by atoms with van der Waals surface area (Å²) in [5.41, 5.74) is 6.45. The summed E-state index contributed by atoms with van der Waals surface area (Å²) in [7, 11) is 3.21. The van der Waals surface area contributed by atoms with Crippen LogP contribution in [-0.4, -0.2) is 41.0 Å². The Morgan fingerprint density at radius 2 is 2.00 bits per heavy atom. The van der Waals surface area contributed by atoms with Gasteiger partial charge in [-0.3, -0.25) is 0 Å². The predicted octanol–water partition coefficient (Wildman–Crippen LogP) is 0.240. The fourth-order valence-electron chi connectivity index (χ4n) is 1.71. The molecule has 0 aliphatic rings. The molecule has 1 aromatic carbocycles. The van der Waals surface area contributed by atoms with E-state index < -0.39 is 0 Å². The Hall–Kier alpha value is -2.15. The summed E-state index contributed by atoms with van der Waals surface area (Å²) in [4.78, 5) is 1.53. The van der Waals surface area contributed by atoms with Crippen molar-refractivity contribution < 1.29 is 9.47 Å². The monoisotopic (exact) mass is 263 g/mol. The van der Waals surface area contributed by atoms with Gasteiger partial charge in [0.05, 0.1) is 20.8 Å². The minimum absolute atomic E-state index is 0.516. The van der Waals surface area contributed by atoms with E-state index in [-0.39, 0.29) is 0 Å². The second-order valence-electron chi connectivity index (χ2n) is 3.96. The van der Waals surface area contributed by atoms with E-state index in [1.54, 1.807) is 14.2 Å². The van der Waals surface area contributed by atoms with E-state index in [1.807, 2.05) is 18.2 Å². The lowest BCUT2D eigenvalue weighted by molar-refractivity contribution is 0.354. The topological polar surface area (TPSA) is 88.1 Å². The Kier molecular flexibility index (Phi) is 4.30. The number of benzene rings is 1. The smallest absolute Gasteiger partial charge is 0.176 e. The van der Waals surface area contributed by atoms with Crippen LogP contribution in [0.15, 0.2) is 18.2 Å². The van der Waals surface area contributed by atoms with E-state index in [1.165, 1.54) is 4.80 Å². The lowest BCUT2D eigenvalue weighted by Gasteiger charge is -2.08. The summed E-state index contributed by atoms with van der Waals surface area (Å²) >= 11 is 0. The van der Waals surface area contributed by atoms with E-state index in [2.05, 4.69) is 15.4 Å². The lowest BCUT2D eigenvalue weighted by Crippen LogP contribution is -2.07. The highest BCUT2D eigenvalue weighted by molar-refractivity contribution is 5.42. The maximum Gasteiger partial charge on any atom is 0.176 e. The van der Waals surface area contributed by atoms with E-state index in [0.29, 0.717) is 36.8 Å². The van der Waals surface area contributed by atoms with Crippen LogP contribution in [0.25, 0.3) is 0 Å². The van der Waals surface area contributed by atoms with Gasteiger partial charge in [-0.1, -0.05) is 6.07 Å². The average molecular weight is 263 g/mol. The number of nitrogens with two attached hydrogens (primary N) is 1. The van der Waals surface area contributed by atoms with E-state index in [9.17, 15) is 0 Å². The molecule has 0 fully saturated rings. The van der Waals surface area contributed by atoms with Crippen molar-refractivity contribution in [3.05, 3.63) is 29.6 Å². The van der Waals surface area contributed by atoms with E-state index in [4.69, 9.17) is 15.2 Å². The highest BCUT2D eigenvalue weighted by Gasteiger charge is 2.07. The van der Waals surface area contributed by atoms with Gasteiger partial charge in [0.2, 0.25) is 0 Å². The fraction of sp³-hybridized carbons (Fsp3) is 0.417. The summed E-state index contributed by atoms with van der Waals surface area (Å²) < 4.78 is 10.4. The average Bonchev–Trinajstić information content (AvgIpc) is 2.86. The number of tetrazole rings is 1. The van der Waals surface area contributed by atoms with Crippen molar-refractivity contribution in [2.45, 2.75) is 13.0 Å². The summed E-state index contributed by atoms with van der Waals surface area (Å²) in [6, 6.07) is 5.68. The Balaban J connectivity index is 2.13. The van der Waals surface area contributed by atoms with Crippen molar-refractivity contribution in [1.29, 1.82) is 0 Å². The van der Waals surface area contributed by atoms with Gasteiger partial charge in [-0.25, -0.2) is 0 Å². The summed E-state index contributed by atoms with van der Waals surface area (Å²) in [5, 5.41) is 12.1. The molecule has 2 rings (SSSR count). The Bertz CT molecular complexity index is 541. The molecule has 2 N–H and O–H groups in total. The first-order valence-corrected chi connectivity index (χ1v) is 5.94. The molecule has 0 saturated carbocycles. The van der Waals surface area contributed by atoms with Crippen LogP contribution in [0.2, 0.25) is 0 Å². The highest BCUT2D eigenvalue weighted by atomic mass is 16.5. The van der Waals surface area contributed by atoms with Gasteiger partial charge in [0, 0.05) is 6.42 Å². The van der Waals surface area contributed by atoms with Gasteiger partial charge in [-0.15, -0.1) is 10.2 Å². The zero-order valence-corrected chi connectivity index (χ0v) is 11.0. The number of rotatable bonds is 6. The van der Waals surface area contributed by atoms with E-state index in [0.717, 1.165) is 5.56 Å². The number of hydrogen-bond donors (Lipinski definition) is 1. The molecule has 0 atom stereocenters. The van der Waals surface area contributed by atoms with Gasteiger partial charge >= 0.3 is 0 Å². The molecule has 19 heavy (non-hydrogen) atoms. The molecular weight excluding hydrogens is 246 g/mol. The Morgan fingerprint density at radius 1 is 1.21 bits per heavy atom. The first-order valence-electron chi connectivity index (χ1n) is 5.94. The first kappa shape index (κ1) is 13.3. The largest absolute Gasteiger partial charge is 0.493 e. The molecule has 0 saturated heterocycles. The third-order valence-electron chi connectivity index (χ3n) is 2.63. The Morgan fingerprint density at radius 3 is 2.68 bits per heavy atom. The van der Waals surface area contributed by atoms with Crippen LogP contribution in [0.4, 0.5) is 0 Å². The quantitative estimate of drug-likeness (QED) is 0.803. The molecule has 1 heterocycles. The van der Waals surface area contributed by atoms with Crippen LogP contribution in [-0.2, 0) is 13.0 Å². The minimum Gasteiger partial charge on any atom is -0.493 e. The molecule has 2 aromatic rings. The Labute approximate surface area is 111 Å². The maximum atomic E-state index is 5.44. The van der Waals surface area contributed by atoms with Crippen molar-refractivity contribution >= 4 is 0 Å². The third kappa shape index (κ3) is 3.19. The molecular formula is C12H17N5O2. The van der Waals surface area contributed by atoms with Crippen LogP contribution in [0, 0.1) is 0 Å². The molecule has 1 aromatic heterocycles. The zero-order valence-electron chi connectivity index (χ0n) is 11.0. The lowest BCUT2D eigenvalue weighted by atomic mass is 10.2. The minimum atomic E-state index is 0.516. The van der Waals surface area contributed by atoms with Crippen molar-refractivity contribution in [3.63, 3.8) is 0 Å². The van der Waals surface area contributed by atoms with Gasteiger partial charge in [-0.2, -0.15) is 4.80 Å². The molecule has 0 amide bonds. The van der Waals surface area contributed by atoms with E-state index >= 15 is 0 Å². The molecule has 0 spiro atoms. The van der Waals surface area contributed by atoms with Crippen molar-refractivity contribution in [1.82, 2.24) is 20.2 Å². The number of hydrogen-bond acceptors (Lipinski definition) is 6. The van der Waals surface area contributed by atoms with Crippen molar-refractivity contribution in [2.75, 3.05) is 20.8 Å². The highest BCUT2D eigenvalue weighted by Crippen LogP contribution is 2.27. The molecule has 0 radical (unpaired) electrons. The van der Waals surface area contributed by atoms with Crippen LogP contribution in [0.3, 0.4) is 0 Å². The molecule has 0 aliphatic heterocycles. The second kappa shape index (κ2) is 6.14. The SMILES string of the molecule is COc1ccc(Cn2nnc(CCN)n2)cc1OC.